The molecule has 0 aliphatic carbocycles. The van der Waals surface area contributed by atoms with Crippen molar-refractivity contribution >= 4 is 11.8 Å². The Hall–Kier alpha value is -1.14. The number of rotatable bonds is 6. The highest BCUT2D eigenvalue weighted by Crippen LogP contribution is 2.20. The molecule has 0 radical (unpaired) electrons. The smallest absolute Gasteiger partial charge is 0.224 e. The average molecular weight is 311 g/mol. The number of piperidine rings is 1. The SMILES string of the molecule is NCCNC(=O)C1CCCN(C(=O)CCC2CCCCO2)C1. The lowest BCUT2D eigenvalue weighted by molar-refractivity contribution is -0.136. The van der Waals surface area contributed by atoms with Crippen LogP contribution in [0.25, 0.3) is 0 Å². The van der Waals surface area contributed by atoms with Crippen molar-refractivity contribution < 1.29 is 14.3 Å². The molecule has 0 spiro atoms. The molecule has 2 atom stereocenters. The molecule has 6 nitrogen and oxygen atoms in total. The summed E-state index contributed by atoms with van der Waals surface area (Å²) in [6.07, 6.45) is 6.73. The van der Waals surface area contributed by atoms with Crippen LogP contribution < -0.4 is 11.1 Å². The summed E-state index contributed by atoms with van der Waals surface area (Å²) in [6.45, 7) is 3.09. The molecule has 2 rings (SSSR count). The molecule has 3 N–H and O–H groups in total. The predicted octanol–water partition coefficient (Wildman–Crippen LogP) is 0.649. The van der Waals surface area contributed by atoms with Crippen LogP contribution in [-0.4, -0.2) is 55.6 Å². The third kappa shape index (κ3) is 5.25. The van der Waals surface area contributed by atoms with Crippen LogP contribution in [0.15, 0.2) is 0 Å². The lowest BCUT2D eigenvalue weighted by atomic mass is 9.96. The standard InChI is InChI=1S/C16H29N3O3/c17-8-9-18-16(21)13-4-3-10-19(12-13)15(20)7-6-14-5-1-2-11-22-14/h13-14H,1-12,17H2,(H,18,21). The van der Waals surface area contributed by atoms with E-state index in [9.17, 15) is 9.59 Å². The zero-order valence-electron chi connectivity index (χ0n) is 13.4. The fourth-order valence-corrected chi connectivity index (χ4v) is 3.24. The molecule has 0 aromatic heterocycles. The van der Waals surface area contributed by atoms with E-state index in [4.69, 9.17) is 10.5 Å². The second-order valence-electron chi connectivity index (χ2n) is 6.29. The monoisotopic (exact) mass is 311 g/mol. The maximum absolute atomic E-state index is 12.3. The van der Waals surface area contributed by atoms with E-state index in [1.165, 1.54) is 6.42 Å². The lowest BCUT2D eigenvalue weighted by Crippen LogP contribution is -2.46. The van der Waals surface area contributed by atoms with Gasteiger partial charge in [-0.3, -0.25) is 9.59 Å². The highest BCUT2D eigenvalue weighted by atomic mass is 16.5. The number of carbonyl (C=O) groups is 2. The topological polar surface area (TPSA) is 84.7 Å². The van der Waals surface area contributed by atoms with E-state index in [0.717, 1.165) is 45.3 Å². The van der Waals surface area contributed by atoms with Crippen LogP contribution in [0.5, 0.6) is 0 Å². The van der Waals surface area contributed by atoms with Gasteiger partial charge in [-0.1, -0.05) is 0 Å². The van der Waals surface area contributed by atoms with Crippen LogP contribution in [0.2, 0.25) is 0 Å². The van der Waals surface area contributed by atoms with Gasteiger partial charge in [-0.25, -0.2) is 0 Å². The van der Waals surface area contributed by atoms with E-state index in [1.807, 2.05) is 4.90 Å². The fourth-order valence-electron chi connectivity index (χ4n) is 3.24. The number of nitrogens with two attached hydrogens (primary N) is 1. The second-order valence-corrected chi connectivity index (χ2v) is 6.29. The molecule has 2 heterocycles. The number of hydrogen-bond donors (Lipinski definition) is 2. The van der Waals surface area contributed by atoms with Crippen LogP contribution in [-0.2, 0) is 14.3 Å². The third-order valence-corrected chi connectivity index (χ3v) is 4.54. The number of carbonyl (C=O) groups excluding carboxylic acids is 2. The fraction of sp³-hybridized carbons (Fsp3) is 0.875. The third-order valence-electron chi connectivity index (χ3n) is 4.54. The highest BCUT2D eigenvalue weighted by molar-refractivity contribution is 5.81. The number of likely N-dealkylation sites (tertiary alicyclic amines) is 1. The molecular formula is C16H29N3O3. The van der Waals surface area contributed by atoms with Crippen molar-refractivity contribution in [2.75, 3.05) is 32.8 Å². The molecule has 2 unspecified atom stereocenters. The van der Waals surface area contributed by atoms with Crippen LogP contribution >= 0.6 is 0 Å². The summed E-state index contributed by atoms with van der Waals surface area (Å²) in [6, 6.07) is 0. The van der Waals surface area contributed by atoms with Crippen molar-refractivity contribution in [2.24, 2.45) is 11.7 Å². The lowest BCUT2D eigenvalue weighted by Gasteiger charge is -2.32. The van der Waals surface area contributed by atoms with E-state index in [0.29, 0.717) is 26.1 Å². The summed E-state index contributed by atoms with van der Waals surface area (Å²) >= 11 is 0. The zero-order chi connectivity index (χ0) is 15.8. The summed E-state index contributed by atoms with van der Waals surface area (Å²) in [5, 5.41) is 2.82. The molecule has 2 saturated heterocycles. The summed E-state index contributed by atoms with van der Waals surface area (Å²) in [5.41, 5.74) is 5.40. The van der Waals surface area contributed by atoms with Crippen molar-refractivity contribution in [3.63, 3.8) is 0 Å². The Labute approximate surface area is 132 Å². The number of ether oxygens (including phenoxy) is 1. The molecule has 2 amide bonds. The van der Waals surface area contributed by atoms with Gasteiger partial charge in [0.1, 0.15) is 0 Å². The molecule has 2 fully saturated rings. The molecule has 0 aromatic rings. The molecule has 0 saturated carbocycles. The van der Waals surface area contributed by atoms with Crippen LogP contribution in [0.3, 0.4) is 0 Å². The van der Waals surface area contributed by atoms with Gasteiger partial charge in [0.15, 0.2) is 0 Å². The van der Waals surface area contributed by atoms with Crippen LogP contribution in [0.4, 0.5) is 0 Å². The second kappa shape index (κ2) is 9.10. The van der Waals surface area contributed by atoms with E-state index >= 15 is 0 Å². The van der Waals surface area contributed by atoms with Crippen molar-refractivity contribution in [1.82, 2.24) is 10.2 Å². The number of hydrogen-bond acceptors (Lipinski definition) is 4. The van der Waals surface area contributed by atoms with Crippen molar-refractivity contribution in [3.8, 4) is 0 Å². The van der Waals surface area contributed by atoms with E-state index in [1.54, 1.807) is 0 Å². The average Bonchev–Trinajstić information content (AvgIpc) is 2.58. The summed E-state index contributed by atoms with van der Waals surface area (Å²) < 4.78 is 5.67. The minimum absolute atomic E-state index is 0.0264. The molecule has 6 heteroatoms. The first-order valence-corrected chi connectivity index (χ1v) is 8.58. The van der Waals surface area contributed by atoms with Crippen LogP contribution in [0, 0.1) is 5.92 Å². The Morgan fingerprint density at radius 1 is 1.23 bits per heavy atom. The number of nitrogens with zero attached hydrogens (tertiary/aromatic N) is 1. The molecule has 126 valence electrons. The zero-order valence-corrected chi connectivity index (χ0v) is 13.4. The first-order valence-electron chi connectivity index (χ1n) is 8.58. The van der Waals surface area contributed by atoms with Gasteiger partial charge in [0.2, 0.25) is 11.8 Å². The maximum Gasteiger partial charge on any atom is 0.224 e. The summed E-state index contributed by atoms with van der Waals surface area (Å²) in [7, 11) is 0. The first-order chi connectivity index (χ1) is 10.7. The minimum Gasteiger partial charge on any atom is -0.378 e. The van der Waals surface area contributed by atoms with Gasteiger partial charge in [0.25, 0.3) is 0 Å². The minimum atomic E-state index is -0.0878. The van der Waals surface area contributed by atoms with E-state index in [2.05, 4.69) is 5.32 Å². The van der Waals surface area contributed by atoms with Crippen molar-refractivity contribution in [2.45, 2.75) is 51.0 Å². The van der Waals surface area contributed by atoms with E-state index < -0.39 is 0 Å². The summed E-state index contributed by atoms with van der Waals surface area (Å²) in [4.78, 5) is 26.2. The Bertz CT molecular complexity index is 370. The summed E-state index contributed by atoms with van der Waals surface area (Å²) in [5.74, 6) is 0.0965. The van der Waals surface area contributed by atoms with E-state index in [-0.39, 0.29) is 23.8 Å². The van der Waals surface area contributed by atoms with Gasteiger partial charge < -0.3 is 20.7 Å². The molecule has 22 heavy (non-hydrogen) atoms. The number of nitrogens with one attached hydrogen (secondary N) is 1. The molecule has 2 aliphatic heterocycles. The molecular weight excluding hydrogens is 282 g/mol. The highest BCUT2D eigenvalue weighted by Gasteiger charge is 2.28. The largest absolute Gasteiger partial charge is 0.378 e. The van der Waals surface area contributed by atoms with Gasteiger partial charge >= 0.3 is 0 Å². The quantitative estimate of drug-likeness (QED) is 0.754. The molecule has 2 aliphatic rings. The first kappa shape index (κ1) is 17.2. The number of amides is 2. The predicted molar refractivity (Wildman–Crippen MR) is 84.2 cm³/mol. The molecule has 0 aromatic carbocycles. The molecule has 0 bridgehead atoms. The van der Waals surface area contributed by atoms with Gasteiger partial charge in [-0.05, 0) is 38.5 Å². The van der Waals surface area contributed by atoms with Crippen molar-refractivity contribution in [1.29, 1.82) is 0 Å². The maximum atomic E-state index is 12.3. The Morgan fingerprint density at radius 3 is 2.82 bits per heavy atom. The van der Waals surface area contributed by atoms with Crippen LogP contribution in [0.1, 0.15) is 44.9 Å². The van der Waals surface area contributed by atoms with Gasteiger partial charge in [-0.2, -0.15) is 0 Å². The van der Waals surface area contributed by atoms with Gasteiger partial charge in [0, 0.05) is 39.2 Å². The Kier molecular flexibility index (Phi) is 7.12. The van der Waals surface area contributed by atoms with Gasteiger partial charge in [-0.15, -0.1) is 0 Å². The van der Waals surface area contributed by atoms with Gasteiger partial charge in [0.05, 0.1) is 12.0 Å². The Morgan fingerprint density at radius 2 is 2.09 bits per heavy atom. The Balaban J connectivity index is 1.73. The van der Waals surface area contributed by atoms with Crippen molar-refractivity contribution in [3.05, 3.63) is 0 Å². The normalized spacial score (nSPS) is 25.8.